The van der Waals surface area contributed by atoms with Crippen LogP contribution in [0.15, 0.2) is 48.5 Å². The summed E-state index contributed by atoms with van der Waals surface area (Å²) in [7, 11) is 0. The number of hydrogen-bond donors (Lipinski definition) is 1. The molecule has 3 heteroatoms. The van der Waals surface area contributed by atoms with Crippen molar-refractivity contribution >= 4 is 11.6 Å². The molecular weight excluding hydrogens is 236 g/mol. The maximum atomic E-state index is 9.38. The Balaban J connectivity index is 2.14. The molecule has 0 fully saturated rings. The lowest BCUT2D eigenvalue weighted by atomic mass is 10.1. The van der Waals surface area contributed by atoms with Gasteiger partial charge < -0.3 is 9.84 Å². The fraction of sp³-hybridized carbons (Fsp3) is 0.143. The predicted molar refractivity (Wildman–Crippen MR) is 68.6 cm³/mol. The smallest absolute Gasteiger partial charge is 0.128 e. The van der Waals surface area contributed by atoms with E-state index in [1.165, 1.54) is 0 Å². The molecule has 1 N–H and O–H groups in total. The molecule has 0 aromatic heterocycles. The van der Waals surface area contributed by atoms with Crippen molar-refractivity contribution in [3.63, 3.8) is 0 Å². The minimum absolute atomic E-state index is 0.463. The van der Waals surface area contributed by atoms with Gasteiger partial charge in [0, 0.05) is 5.02 Å². The van der Waals surface area contributed by atoms with Gasteiger partial charge in [-0.3, -0.25) is 0 Å². The van der Waals surface area contributed by atoms with Crippen LogP contribution in [0.25, 0.3) is 0 Å². The Labute approximate surface area is 105 Å². The normalized spacial score (nSPS) is 12.2. The lowest BCUT2D eigenvalue weighted by Gasteiger charge is -2.08. The second kappa shape index (κ2) is 5.21. The molecule has 88 valence electrons. The van der Waals surface area contributed by atoms with Crippen molar-refractivity contribution in [3.8, 4) is 11.5 Å². The Morgan fingerprint density at radius 1 is 1.06 bits per heavy atom. The molecule has 0 saturated carbocycles. The maximum Gasteiger partial charge on any atom is 0.128 e. The minimum Gasteiger partial charge on any atom is -0.457 e. The monoisotopic (exact) mass is 248 g/mol. The van der Waals surface area contributed by atoms with Gasteiger partial charge in [-0.2, -0.15) is 0 Å². The van der Waals surface area contributed by atoms with Gasteiger partial charge in [-0.05, 0) is 42.8 Å². The van der Waals surface area contributed by atoms with Crippen LogP contribution < -0.4 is 4.74 Å². The largest absolute Gasteiger partial charge is 0.457 e. The summed E-state index contributed by atoms with van der Waals surface area (Å²) in [6, 6.07) is 14.5. The number of benzene rings is 2. The third-order valence-corrected chi connectivity index (χ3v) is 2.63. The van der Waals surface area contributed by atoms with Crippen molar-refractivity contribution in [2.45, 2.75) is 13.0 Å². The third-order valence-electron chi connectivity index (χ3n) is 2.39. The first-order chi connectivity index (χ1) is 8.15. The highest BCUT2D eigenvalue weighted by atomic mass is 35.5. The van der Waals surface area contributed by atoms with Gasteiger partial charge in [0.1, 0.15) is 11.5 Å². The predicted octanol–water partition coefficient (Wildman–Crippen LogP) is 4.19. The molecular formula is C14H13ClO2. The zero-order chi connectivity index (χ0) is 12.3. The van der Waals surface area contributed by atoms with Gasteiger partial charge in [0.05, 0.1) is 6.10 Å². The quantitative estimate of drug-likeness (QED) is 0.883. The molecule has 0 radical (unpaired) electrons. The lowest BCUT2D eigenvalue weighted by molar-refractivity contribution is 0.199. The van der Waals surface area contributed by atoms with E-state index in [0.717, 1.165) is 11.3 Å². The number of rotatable bonds is 3. The van der Waals surface area contributed by atoms with E-state index < -0.39 is 6.10 Å². The number of hydrogen-bond acceptors (Lipinski definition) is 2. The van der Waals surface area contributed by atoms with Crippen molar-refractivity contribution in [2.75, 3.05) is 0 Å². The molecule has 2 rings (SSSR count). The first-order valence-corrected chi connectivity index (χ1v) is 5.74. The molecule has 0 unspecified atom stereocenters. The summed E-state index contributed by atoms with van der Waals surface area (Å²) in [5, 5.41) is 10.0. The van der Waals surface area contributed by atoms with Crippen LogP contribution in [-0.4, -0.2) is 5.11 Å². The highest BCUT2D eigenvalue weighted by Crippen LogP contribution is 2.25. The Bertz CT molecular complexity index is 492. The molecule has 2 aromatic carbocycles. The van der Waals surface area contributed by atoms with Gasteiger partial charge >= 0.3 is 0 Å². The maximum absolute atomic E-state index is 9.38. The second-order valence-corrected chi connectivity index (χ2v) is 4.24. The first kappa shape index (κ1) is 12.0. The molecule has 2 aromatic rings. The number of ether oxygens (including phenoxy) is 1. The van der Waals surface area contributed by atoms with Gasteiger partial charge in [-0.15, -0.1) is 0 Å². The number of aliphatic hydroxyl groups is 1. The Hall–Kier alpha value is -1.51. The summed E-state index contributed by atoms with van der Waals surface area (Å²) in [5.41, 5.74) is 0.864. The van der Waals surface area contributed by atoms with Gasteiger partial charge in [-0.25, -0.2) is 0 Å². The summed E-state index contributed by atoms with van der Waals surface area (Å²) in [4.78, 5) is 0. The molecule has 17 heavy (non-hydrogen) atoms. The van der Waals surface area contributed by atoms with Crippen molar-refractivity contribution in [1.29, 1.82) is 0 Å². The summed E-state index contributed by atoms with van der Waals surface area (Å²) >= 11 is 5.86. The Morgan fingerprint density at radius 2 is 1.76 bits per heavy atom. The molecule has 0 heterocycles. The van der Waals surface area contributed by atoms with Crippen LogP contribution in [0.5, 0.6) is 11.5 Å². The zero-order valence-electron chi connectivity index (χ0n) is 9.43. The van der Waals surface area contributed by atoms with Crippen LogP contribution in [-0.2, 0) is 0 Å². The highest BCUT2D eigenvalue weighted by Gasteiger charge is 2.02. The van der Waals surface area contributed by atoms with Gasteiger partial charge in [0.2, 0.25) is 0 Å². The molecule has 2 nitrogen and oxygen atoms in total. The molecule has 0 bridgehead atoms. The molecule has 0 spiro atoms. The number of halogens is 1. The summed E-state index contributed by atoms with van der Waals surface area (Å²) < 4.78 is 5.63. The van der Waals surface area contributed by atoms with Crippen LogP contribution in [0.2, 0.25) is 5.02 Å². The van der Waals surface area contributed by atoms with Crippen molar-refractivity contribution < 1.29 is 9.84 Å². The van der Waals surface area contributed by atoms with Crippen LogP contribution in [0.3, 0.4) is 0 Å². The van der Waals surface area contributed by atoms with E-state index in [-0.39, 0.29) is 0 Å². The minimum atomic E-state index is -0.463. The Kier molecular flexibility index (Phi) is 3.67. The fourth-order valence-electron chi connectivity index (χ4n) is 1.48. The van der Waals surface area contributed by atoms with Crippen LogP contribution >= 0.6 is 11.6 Å². The van der Waals surface area contributed by atoms with Crippen molar-refractivity contribution in [1.82, 2.24) is 0 Å². The average Bonchev–Trinajstić information content (AvgIpc) is 2.29. The Morgan fingerprint density at radius 3 is 2.35 bits per heavy atom. The fourth-order valence-corrected chi connectivity index (χ4v) is 1.66. The van der Waals surface area contributed by atoms with E-state index in [1.54, 1.807) is 19.1 Å². The van der Waals surface area contributed by atoms with Crippen LogP contribution in [0.4, 0.5) is 0 Å². The van der Waals surface area contributed by atoms with Gasteiger partial charge in [-0.1, -0.05) is 29.8 Å². The lowest BCUT2D eigenvalue weighted by Crippen LogP contribution is -1.90. The van der Waals surface area contributed by atoms with Crippen LogP contribution in [0, 0.1) is 0 Å². The van der Waals surface area contributed by atoms with Gasteiger partial charge in [0.15, 0.2) is 0 Å². The zero-order valence-corrected chi connectivity index (χ0v) is 10.2. The summed E-state index contributed by atoms with van der Waals surface area (Å²) in [6.07, 6.45) is -0.463. The first-order valence-electron chi connectivity index (χ1n) is 5.36. The molecule has 0 aliphatic heterocycles. The highest BCUT2D eigenvalue weighted by molar-refractivity contribution is 6.30. The standard InChI is InChI=1S/C14H13ClO2/c1-10(16)11-5-7-13(8-6-11)17-14-4-2-3-12(15)9-14/h2-10,16H,1H3/t10-/m1/s1. The van der Waals surface area contributed by atoms with E-state index in [2.05, 4.69) is 0 Å². The average molecular weight is 249 g/mol. The van der Waals surface area contributed by atoms with E-state index >= 15 is 0 Å². The van der Waals surface area contributed by atoms with E-state index in [0.29, 0.717) is 10.8 Å². The summed E-state index contributed by atoms with van der Waals surface area (Å²) in [5.74, 6) is 1.42. The third kappa shape index (κ3) is 3.22. The van der Waals surface area contributed by atoms with Crippen LogP contribution in [0.1, 0.15) is 18.6 Å². The van der Waals surface area contributed by atoms with E-state index in [1.807, 2.05) is 36.4 Å². The molecule has 1 atom stereocenters. The topological polar surface area (TPSA) is 29.5 Å². The molecule has 0 amide bonds. The molecule has 0 saturated heterocycles. The second-order valence-electron chi connectivity index (χ2n) is 3.80. The molecule has 0 aliphatic rings. The van der Waals surface area contributed by atoms with Crippen molar-refractivity contribution in [2.24, 2.45) is 0 Å². The molecule has 0 aliphatic carbocycles. The van der Waals surface area contributed by atoms with E-state index in [9.17, 15) is 5.11 Å². The summed E-state index contributed by atoms with van der Waals surface area (Å²) in [6.45, 7) is 1.73. The SMILES string of the molecule is C[C@@H](O)c1ccc(Oc2cccc(Cl)c2)cc1. The van der Waals surface area contributed by atoms with E-state index in [4.69, 9.17) is 16.3 Å². The number of aliphatic hydroxyl groups excluding tert-OH is 1. The van der Waals surface area contributed by atoms with Crippen molar-refractivity contribution in [3.05, 3.63) is 59.1 Å². The van der Waals surface area contributed by atoms with Gasteiger partial charge in [0.25, 0.3) is 0 Å².